The Labute approximate surface area is 126 Å². The number of benzene rings is 1. The van der Waals surface area contributed by atoms with Gasteiger partial charge in [-0.1, -0.05) is 6.07 Å². The van der Waals surface area contributed by atoms with Crippen LogP contribution in [0.1, 0.15) is 20.0 Å². The predicted octanol–water partition coefficient (Wildman–Crippen LogP) is 2.06. The molecule has 0 spiro atoms. The molecule has 0 unspecified atom stereocenters. The van der Waals surface area contributed by atoms with E-state index >= 15 is 0 Å². The van der Waals surface area contributed by atoms with Gasteiger partial charge in [0.2, 0.25) is 0 Å². The molecule has 0 saturated carbocycles. The number of carbonyl (C=O) groups excluding carboxylic acids is 2. The largest absolute Gasteiger partial charge is 0.395 e. The number of nitrogens with zero attached hydrogens (tertiary/aromatic N) is 1. The number of thiophene rings is 1. The number of rotatable bonds is 5. The molecule has 5 nitrogen and oxygen atoms in total. The second kappa shape index (κ2) is 7.01. The zero-order valence-electron chi connectivity index (χ0n) is 11.6. The third kappa shape index (κ3) is 3.90. The highest BCUT2D eigenvalue weighted by Crippen LogP contribution is 2.15. The zero-order chi connectivity index (χ0) is 15.2. The van der Waals surface area contributed by atoms with Crippen molar-refractivity contribution in [3.63, 3.8) is 0 Å². The van der Waals surface area contributed by atoms with Crippen LogP contribution in [0.3, 0.4) is 0 Å². The van der Waals surface area contributed by atoms with E-state index in [1.165, 1.54) is 16.2 Å². The Bertz CT molecular complexity index is 608. The van der Waals surface area contributed by atoms with E-state index in [9.17, 15) is 9.59 Å². The highest BCUT2D eigenvalue weighted by atomic mass is 32.1. The Kier molecular flexibility index (Phi) is 5.08. The van der Waals surface area contributed by atoms with Gasteiger partial charge in [0, 0.05) is 24.8 Å². The number of aliphatic hydroxyl groups excluding tert-OH is 1. The van der Waals surface area contributed by atoms with Crippen molar-refractivity contribution in [2.45, 2.75) is 0 Å². The molecule has 2 N–H and O–H groups in total. The van der Waals surface area contributed by atoms with Gasteiger partial charge in [-0.2, -0.15) is 0 Å². The molecule has 0 aliphatic carbocycles. The minimum atomic E-state index is -0.166. The summed E-state index contributed by atoms with van der Waals surface area (Å²) in [6.07, 6.45) is 0. The highest BCUT2D eigenvalue weighted by Gasteiger charge is 2.11. The summed E-state index contributed by atoms with van der Waals surface area (Å²) >= 11 is 1.37. The minimum absolute atomic E-state index is 0.0722. The summed E-state index contributed by atoms with van der Waals surface area (Å²) < 4.78 is 0. The van der Waals surface area contributed by atoms with Crippen molar-refractivity contribution in [2.75, 3.05) is 25.5 Å². The molecule has 2 amide bonds. The second-order valence-corrected chi connectivity index (χ2v) is 5.41. The van der Waals surface area contributed by atoms with Crippen LogP contribution in [-0.2, 0) is 0 Å². The molecular formula is C15H16N2O3S. The summed E-state index contributed by atoms with van der Waals surface area (Å²) in [4.78, 5) is 25.9. The van der Waals surface area contributed by atoms with Crippen molar-refractivity contribution >= 4 is 28.8 Å². The molecule has 0 bridgehead atoms. The van der Waals surface area contributed by atoms with Crippen molar-refractivity contribution in [3.8, 4) is 0 Å². The van der Waals surface area contributed by atoms with Gasteiger partial charge >= 0.3 is 0 Å². The fourth-order valence-corrected chi connectivity index (χ4v) is 2.39. The molecule has 0 aliphatic heterocycles. The standard InChI is InChI=1S/C15H16N2O3S/c1-17(8-9-18)15(20)11-4-6-12(7-5-11)16-14(19)13-3-2-10-21-13/h2-7,10,18H,8-9H2,1H3,(H,16,19). The van der Waals surface area contributed by atoms with Gasteiger partial charge in [-0.25, -0.2) is 0 Å². The maximum atomic E-state index is 12.0. The maximum Gasteiger partial charge on any atom is 0.265 e. The quantitative estimate of drug-likeness (QED) is 0.888. The van der Waals surface area contributed by atoms with E-state index in [2.05, 4.69) is 5.32 Å². The van der Waals surface area contributed by atoms with Crippen LogP contribution in [-0.4, -0.2) is 42.0 Å². The van der Waals surface area contributed by atoms with Gasteiger partial charge in [-0.3, -0.25) is 9.59 Å². The fourth-order valence-electron chi connectivity index (χ4n) is 1.77. The van der Waals surface area contributed by atoms with Crippen molar-refractivity contribution in [1.82, 2.24) is 4.90 Å². The molecule has 0 atom stereocenters. The SMILES string of the molecule is CN(CCO)C(=O)c1ccc(NC(=O)c2cccs2)cc1. The molecule has 1 aromatic carbocycles. The van der Waals surface area contributed by atoms with E-state index in [1.807, 2.05) is 11.4 Å². The Morgan fingerprint density at radius 1 is 1.24 bits per heavy atom. The molecule has 0 radical (unpaired) electrons. The van der Waals surface area contributed by atoms with Crippen LogP contribution < -0.4 is 5.32 Å². The minimum Gasteiger partial charge on any atom is -0.395 e. The maximum absolute atomic E-state index is 12.0. The number of amides is 2. The summed E-state index contributed by atoms with van der Waals surface area (Å²) in [6.45, 7) is 0.215. The lowest BCUT2D eigenvalue weighted by molar-refractivity contribution is 0.0767. The number of aliphatic hydroxyl groups is 1. The van der Waals surface area contributed by atoms with Crippen LogP contribution >= 0.6 is 11.3 Å². The lowest BCUT2D eigenvalue weighted by Crippen LogP contribution is -2.29. The lowest BCUT2D eigenvalue weighted by atomic mass is 10.2. The molecular weight excluding hydrogens is 288 g/mol. The predicted molar refractivity (Wildman–Crippen MR) is 82.8 cm³/mol. The van der Waals surface area contributed by atoms with E-state index in [4.69, 9.17) is 5.11 Å². The Morgan fingerprint density at radius 3 is 2.52 bits per heavy atom. The van der Waals surface area contributed by atoms with Crippen LogP contribution in [0, 0.1) is 0 Å². The molecule has 6 heteroatoms. The monoisotopic (exact) mass is 304 g/mol. The summed E-state index contributed by atoms with van der Waals surface area (Å²) in [5.74, 6) is -0.332. The van der Waals surface area contributed by atoms with Gasteiger partial charge < -0.3 is 15.3 Å². The average Bonchev–Trinajstić information content (AvgIpc) is 3.02. The molecule has 2 rings (SSSR count). The molecule has 0 fully saturated rings. The first kappa shape index (κ1) is 15.2. The molecule has 110 valence electrons. The Hall–Kier alpha value is -2.18. The van der Waals surface area contributed by atoms with E-state index in [0.717, 1.165) is 0 Å². The van der Waals surface area contributed by atoms with Gasteiger partial charge in [-0.15, -0.1) is 11.3 Å². The first-order valence-corrected chi connectivity index (χ1v) is 7.31. The van der Waals surface area contributed by atoms with Gasteiger partial charge in [0.25, 0.3) is 11.8 Å². The topological polar surface area (TPSA) is 69.6 Å². The number of anilines is 1. The van der Waals surface area contributed by atoms with E-state index in [-0.39, 0.29) is 25.0 Å². The van der Waals surface area contributed by atoms with E-state index in [1.54, 1.807) is 37.4 Å². The molecule has 2 aromatic rings. The van der Waals surface area contributed by atoms with Gasteiger partial charge in [0.1, 0.15) is 0 Å². The number of carbonyl (C=O) groups is 2. The van der Waals surface area contributed by atoms with Gasteiger partial charge in [0.05, 0.1) is 11.5 Å². The van der Waals surface area contributed by atoms with Gasteiger partial charge in [0.15, 0.2) is 0 Å². The third-order valence-corrected chi connectivity index (χ3v) is 3.79. The van der Waals surface area contributed by atoms with Gasteiger partial charge in [-0.05, 0) is 35.7 Å². The summed E-state index contributed by atoms with van der Waals surface area (Å²) in [5.41, 5.74) is 1.15. The summed E-state index contributed by atoms with van der Waals surface area (Å²) in [5, 5.41) is 13.4. The molecule has 1 heterocycles. The second-order valence-electron chi connectivity index (χ2n) is 4.46. The lowest BCUT2D eigenvalue weighted by Gasteiger charge is -2.15. The molecule has 0 aliphatic rings. The Morgan fingerprint density at radius 2 is 1.95 bits per heavy atom. The first-order chi connectivity index (χ1) is 10.1. The summed E-state index contributed by atoms with van der Waals surface area (Å²) in [7, 11) is 1.63. The van der Waals surface area contributed by atoms with Crippen molar-refractivity contribution in [2.24, 2.45) is 0 Å². The number of hydrogen-bond donors (Lipinski definition) is 2. The molecule has 0 saturated heterocycles. The van der Waals surface area contributed by atoms with Crippen LogP contribution in [0.15, 0.2) is 41.8 Å². The van der Waals surface area contributed by atoms with Crippen LogP contribution in [0.5, 0.6) is 0 Å². The number of likely N-dealkylation sites (N-methyl/N-ethyl adjacent to an activating group) is 1. The van der Waals surface area contributed by atoms with Crippen molar-refractivity contribution in [3.05, 3.63) is 52.2 Å². The van der Waals surface area contributed by atoms with Crippen LogP contribution in [0.2, 0.25) is 0 Å². The van der Waals surface area contributed by atoms with Crippen molar-refractivity contribution in [1.29, 1.82) is 0 Å². The smallest absolute Gasteiger partial charge is 0.265 e. The summed E-state index contributed by atoms with van der Waals surface area (Å²) in [6, 6.07) is 10.2. The molecule has 21 heavy (non-hydrogen) atoms. The average molecular weight is 304 g/mol. The van der Waals surface area contributed by atoms with E-state index in [0.29, 0.717) is 16.1 Å². The normalized spacial score (nSPS) is 10.2. The fraction of sp³-hybridized carbons (Fsp3) is 0.200. The molecule has 1 aromatic heterocycles. The third-order valence-electron chi connectivity index (χ3n) is 2.92. The zero-order valence-corrected chi connectivity index (χ0v) is 12.4. The van der Waals surface area contributed by atoms with E-state index < -0.39 is 0 Å². The van der Waals surface area contributed by atoms with Crippen LogP contribution in [0.25, 0.3) is 0 Å². The highest BCUT2D eigenvalue weighted by molar-refractivity contribution is 7.12. The Balaban J connectivity index is 2.02. The van der Waals surface area contributed by atoms with Crippen molar-refractivity contribution < 1.29 is 14.7 Å². The number of nitrogens with one attached hydrogen (secondary N) is 1. The van der Waals surface area contributed by atoms with Crippen LogP contribution in [0.4, 0.5) is 5.69 Å². The first-order valence-electron chi connectivity index (χ1n) is 6.43. The number of hydrogen-bond acceptors (Lipinski definition) is 4.